The number of carboxylic acid groups (broad SMARTS) is 1. The Morgan fingerprint density at radius 2 is 2.06 bits per heavy atom. The van der Waals surface area contributed by atoms with E-state index in [4.69, 9.17) is 0 Å². The quantitative estimate of drug-likeness (QED) is 0.745. The maximum Gasteiger partial charge on any atom is 0.328 e. The molecule has 0 aromatic heterocycles. The highest BCUT2D eigenvalue weighted by Crippen LogP contribution is 2.24. The Morgan fingerprint density at radius 1 is 1.41 bits per heavy atom. The van der Waals surface area contributed by atoms with Crippen molar-refractivity contribution in [1.82, 2.24) is 5.32 Å². The third-order valence-corrected chi connectivity index (χ3v) is 3.12. The number of rotatable bonds is 6. The highest BCUT2D eigenvalue weighted by Gasteiger charge is 2.35. The topological polar surface area (TPSA) is 49.3 Å². The van der Waals surface area contributed by atoms with E-state index in [-0.39, 0.29) is 0 Å². The second-order valence-electron chi connectivity index (χ2n) is 4.53. The highest BCUT2D eigenvalue weighted by atomic mass is 16.4. The van der Waals surface area contributed by atoms with Crippen LogP contribution in [0.5, 0.6) is 0 Å². The zero-order valence-corrected chi connectivity index (χ0v) is 10.8. The van der Waals surface area contributed by atoms with E-state index in [9.17, 15) is 9.90 Å². The Morgan fingerprint density at radius 3 is 2.59 bits per heavy atom. The Labute approximate surface area is 103 Å². The van der Waals surface area contributed by atoms with Crippen LogP contribution in [0.15, 0.2) is 24.3 Å². The fourth-order valence-electron chi connectivity index (χ4n) is 1.94. The van der Waals surface area contributed by atoms with Gasteiger partial charge in [-0.1, -0.05) is 37.6 Å². The van der Waals surface area contributed by atoms with Crippen molar-refractivity contribution < 1.29 is 9.90 Å². The second kappa shape index (κ2) is 5.82. The van der Waals surface area contributed by atoms with Gasteiger partial charge in [-0.05, 0) is 37.9 Å². The number of unbranched alkanes of at least 4 members (excludes halogenated alkanes) is 1. The molecule has 0 spiro atoms. The molecule has 0 bridgehead atoms. The summed E-state index contributed by atoms with van der Waals surface area (Å²) >= 11 is 0. The molecule has 0 heterocycles. The van der Waals surface area contributed by atoms with Gasteiger partial charge in [-0.2, -0.15) is 0 Å². The number of carbonyl (C=O) groups is 1. The van der Waals surface area contributed by atoms with Crippen LogP contribution in [0.1, 0.15) is 37.8 Å². The van der Waals surface area contributed by atoms with Crippen molar-refractivity contribution in [3.8, 4) is 0 Å². The molecule has 0 aliphatic carbocycles. The summed E-state index contributed by atoms with van der Waals surface area (Å²) in [6, 6.07) is 7.62. The van der Waals surface area contributed by atoms with Gasteiger partial charge in [-0.3, -0.25) is 5.32 Å². The van der Waals surface area contributed by atoms with Crippen LogP contribution in [0.2, 0.25) is 0 Å². The molecule has 3 heteroatoms. The molecule has 2 N–H and O–H groups in total. The van der Waals surface area contributed by atoms with E-state index in [1.807, 2.05) is 31.2 Å². The van der Waals surface area contributed by atoms with Crippen LogP contribution in [-0.2, 0) is 10.3 Å². The summed E-state index contributed by atoms with van der Waals surface area (Å²) in [5, 5.41) is 12.6. The van der Waals surface area contributed by atoms with Gasteiger partial charge >= 0.3 is 5.97 Å². The van der Waals surface area contributed by atoms with E-state index in [1.54, 1.807) is 6.92 Å². The van der Waals surface area contributed by atoms with E-state index in [1.165, 1.54) is 0 Å². The molecule has 0 radical (unpaired) electrons. The smallest absolute Gasteiger partial charge is 0.328 e. The first-order valence-electron chi connectivity index (χ1n) is 6.07. The van der Waals surface area contributed by atoms with E-state index in [2.05, 4.69) is 12.2 Å². The number of hydrogen-bond donors (Lipinski definition) is 2. The van der Waals surface area contributed by atoms with E-state index in [0.29, 0.717) is 6.54 Å². The fourth-order valence-corrected chi connectivity index (χ4v) is 1.94. The summed E-state index contributed by atoms with van der Waals surface area (Å²) in [5.74, 6) is -0.831. The largest absolute Gasteiger partial charge is 0.480 e. The maximum atomic E-state index is 11.5. The molecule has 1 unspecified atom stereocenters. The van der Waals surface area contributed by atoms with Gasteiger partial charge in [0, 0.05) is 0 Å². The molecule has 3 nitrogen and oxygen atoms in total. The van der Waals surface area contributed by atoms with Crippen LogP contribution in [0, 0.1) is 6.92 Å². The molecule has 17 heavy (non-hydrogen) atoms. The van der Waals surface area contributed by atoms with E-state index >= 15 is 0 Å². The minimum absolute atomic E-state index is 0.716. The molecule has 0 aliphatic rings. The summed E-state index contributed by atoms with van der Waals surface area (Å²) in [6.45, 7) is 6.48. The summed E-state index contributed by atoms with van der Waals surface area (Å²) in [7, 11) is 0. The van der Waals surface area contributed by atoms with Gasteiger partial charge in [0.1, 0.15) is 5.54 Å². The third-order valence-electron chi connectivity index (χ3n) is 3.12. The number of carboxylic acids is 1. The summed E-state index contributed by atoms with van der Waals surface area (Å²) in [5.41, 5.74) is 0.838. The molecule has 0 fully saturated rings. The van der Waals surface area contributed by atoms with E-state index < -0.39 is 11.5 Å². The Bertz CT molecular complexity index is 390. The molecule has 1 aromatic carbocycles. The van der Waals surface area contributed by atoms with Gasteiger partial charge in [0.2, 0.25) is 0 Å². The lowest BCUT2D eigenvalue weighted by molar-refractivity contribution is -0.144. The van der Waals surface area contributed by atoms with Gasteiger partial charge in [-0.25, -0.2) is 4.79 Å². The van der Waals surface area contributed by atoms with Crippen molar-refractivity contribution in [3.05, 3.63) is 35.4 Å². The molecule has 1 aromatic rings. The Hall–Kier alpha value is -1.35. The summed E-state index contributed by atoms with van der Waals surface area (Å²) in [6.07, 6.45) is 2.03. The predicted octanol–water partition coefficient (Wildman–Crippen LogP) is 2.68. The lowest BCUT2D eigenvalue weighted by atomic mass is 9.88. The van der Waals surface area contributed by atoms with Gasteiger partial charge in [-0.15, -0.1) is 0 Å². The highest BCUT2D eigenvalue weighted by molar-refractivity contribution is 5.80. The maximum absolute atomic E-state index is 11.5. The van der Waals surface area contributed by atoms with Crippen molar-refractivity contribution in [2.75, 3.05) is 6.54 Å². The Kier molecular flexibility index (Phi) is 4.70. The van der Waals surface area contributed by atoms with Gasteiger partial charge in [0.15, 0.2) is 0 Å². The van der Waals surface area contributed by atoms with Gasteiger partial charge in [0.05, 0.1) is 0 Å². The molecule has 94 valence electrons. The first-order valence-corrected chi connectivity index (χ1v) is 6.07. The van der Waals surface area contributed by atoms with Crippen LogP contribution in [0.3, 0.4) is 0 Å². The molecule has 0 saturated carbocycles. The number of benzene rings is 1. The van der Waals surface area contributed by atoms with Crippen LogP contribution < -0.4 is 5.32 Å². The number of nitrogens with one attached hydrogen (secondary N) is 1. The lowest BCUT2D eigenvalue weighted by Gasteiger charge is -2.28. The predicted molar refractivity (Wildman–Crippen MR) is 69.1 cm³/mol. The lowest BCUT2D eigenvalue weighted by Crippen LogP contribution is -2.47. The molecule has 1 atom stereocenters. The molecule has 1 rings (SSSR count). The normalized spacial score (nSPS) is 14.3. The standard InChI is InChI=1S/C14H21NO2/c1-4-5-10-15-14(3,13(16)17)12-9-7-6-8-11(12)2/h6-9,15H,4-5,10H2,1-3H3,(H,16,17). The van der Waals surface area contributed by atoms with Gasteiger partial charge < -0.3 is 5.11 Å². The SMILES string of the molecule is CCCCNC(C)(C(=O)O)c1ccccc1C. The number of aryl methyl sites for hydroxylation is 1. The minimum Gasteiger partial charge on any atom is -0.480 e. The zero-order valence-electron chi connectivity index (χ0n) is 10.8. The third kappa shape index (κ3) is 3.07. The van der Waals surface area contributed by atoms with Crippen LogP contribution in [0.4, 0.5) is 0 Å². The van der Waals surface area contributed by atoms with Crippen LogP contribution in [-0.4, -0.2) is 17.6 Å². The summed E-state index contributed by atoms with van der Waals surface area (Å²) < 4.78 is 0. The van der Waals surface area contributed by atoms with E-state index in [0.717, 1.165) is 24.0 Å². The van der Waals surface area contributed by atoms with Crippen molar-refractivity contribution in [3.63, 3.8) is 0 Å². The average Bonchev–Trinajstić information content (AvgIpc) is 2.29. The first kappa shape index (κ1) is 13.7. The molecule has 0 saturated heterocycles. The average molecular weight is 235 g/mol. The monoisotopic (exact) mass is 235 g/mol. The molecule has 0 amide bonds. The molecular formula is C14H21NO2. The second-order valence-corrected chi connectivity index (χ2v) is 4.53. The van der Waals surface area contributed by atoms with Crippen molar-refractivity contribution >= 4 is 5.97 Å². The van der Waals surface area contributed by atoms with Crippen molar-refractivity contribution in [2.24, 2.45) is 0 Å². The molecular weight excluding hydrogens is 214 g/mol. The van der Waals surface area contributed by atoms with Crippen molar-refractivity contribution in [1.29, 1.82) is 0 Å². The van der Waals surface area contributed by atoms with Crippen LogP contribution in [0.25, 0.3) is 0 Å². The number of hydrogen-bond acceptors (Lipinski definition) is 2. The zero-order chi connectivity index (χ0) is 12.9. The number of aliphatic carboxylic acids is 1. The minimum atomic E-state index is -0.999. The van der Waals surface area contributed by atoms with Gasteiger partial charge in [0.25, 0.3) is 0 Å². The van der Waals surface area contributed by atoms with Crippen LogP contribution >= 0.6 is 0 Å². The summed E-state index contributed by atoms with van der Waals surface area (Å²) in [4.78, 5) is 11.5. The van der Waals surface area contributed by atoms with Crippen molar-refractivity contribution in [2.45, 2.75) is 39.2 Å². The first-order chi connectivity index (χ1) is 8.02. The fraction of sp³-hybridized carbons (Fsp3) is 0.500. The Balaban J connectivity index is 2.99. The molecule has 0 aliphatic heterocycles.